The number of aliphatic carboxylic acids is 1. The van der Waals surface area contributed by atoms with Crippen LogP contribution in [0.2, 0.25) is 0 Å². The summed E-state index contributed by atoms with van der Waals surface area (Å²) < 4.78 is 28.9. The highest BCUT2D eigenvalue weighted by atomic mass is 19.3. The van der Waals surface area contributed by atoms with Crippen LogP contribution in [-0.4, -0.2) is 35.7 Å². The Morgan fingerprint density at radius 2 is 2.11 bits per heavy atom. The zero-order valence-electron chi connectivity index (χ0n) is 10.3. The highest BCUT2D eigenvalue weighted by molar-refractivity contribution is 5.67. The van der Waals surface area contributed by atoms with Crippen LogP contribution in [0.1, 0.15) is 12.0 Å². The molecule has 0 aromatic heterocycles. The van der Waals surface area contributed by atoms with Crippen molar-refractivity contribution in [1.29, 1.82) is 0 Å². The molecule has 2 rings (SSSR count). The maximum absolute atomic E-state index is 12.2. The van der Waals surface area contributed by atoms with Gasteiger partial charge in [-0.1, -0.05) is 18.2 Å². The lowest BCUT2D eigenvalue weighted by molar-refractivity contribution is -0.139. The number of carboxylic acid groups (broad SMARTS) is 1. The van der Waals surface area contributed by atoms with Gasteiger partial charge in [-0.05, 0) is 12.0 Å². The van der Waals surface area contributed by atoms with E-state index >= 15 is 0 Å². The van der Waals surface area contributed by atoms with E-state index in [1.807, 2.05) is 4.90 Å². The molecule has 0 amide bonds. The molecule has 19 heavy (non-hydrogen) atoms. The molecular weight excluding hydrogens is 256 g/mol. The minimum Gasteiger partial charge on any atom is -0.481 e. The van der Waals surface area contributed by atoms with Crippen molar-refractivity contribution in [3.63, 3.8) is 0 Å². The Hall–Kier alpha value is -1.69. The molecule has 1 aromatic carbocycles. The number of carbonyl (C=O) groups is 1. The average Bonchev–Trinajstić information content (AvgIpc) is 2.27. The highest BCUT2D eigenvalue weighted by Gasteiger charge is 2.29. The van der Waals surface area contributed by atoms with Gasteiger partial charge in [0.1, 0.15) is 5.75 Å². The molecule has 1 aliphatic rings. The third kappa shape index (κ3) is 3.89. The predicted octanol–water partition coefficient (Wildman–Crippen LogP) is 2.19. The molecule has 0 saturated carbocycles. The van der Waals surface area contributed by atoms with Crippen LogP contribution in [-0.2, 0) is 11.3 Å². The van der Waals surface area contributed by atoms with Gasteiger partial charge in [-0.3, -0.25) is 9.69 Å². The second-order valence-corrected chi connectivity index (χ2v) is 4.64. The Morgan fingerprint density at radius 1 is 1.42 bits per heavy atom. The van der Waals surface area contributed by atoms with Gasteiger partial charge in [0, 0.05) is 25.2 Å². The normalized spacial score (nSPS) is 16.4. The lowest BCUT2D eigenvalue weighted by atomic mass is 9.95. The molecule has 1 saturated heterocycles. The number of halogens is 2. The van der Waals surface area contributed by atoms with Crippen molar-refractivity contribution in [2.24, 2.45) is 5.92 Å². The molecule has 0 bridgehead atoms. The summed E-state index contributed by atoms with van der Waals surface area (Å²) in [5.74, 6) is -0.467. The summed E-state index contributed by atoms with van der Waals surface area (Å²) >= 11 is 0. The molecule has 104 valence electrons. The highest BCUT2D eigenvalue weighted by Crippen LogP contribution is 2.26. The largest absolute Gasteiger partial charge is 0.481 e. The summed E-state index contributed by atoms with van der Waals surface area (Å²) in [5, 5.41) is 8.65. The molecule has 1 aliphatic heterocycles. The quantitative estimate of drug-likeness (QED) is 0.861. The number of benzene rings is 1. The van der Waals surface area contributed by atoms with Gasteiger partial charge in [-0.25, -0.2) is 0 Å². The first-order chi connectivity index (χ1) is 9.04. The van der Waals surface area contributed by atoms with Gasteiger partial charge >= 0.3 is 12.6 Å². The number of rotatable bonds is 6. The SMILES string of the molecule is O=C(O)CC1CN(Cc2ccccc2OC(F)F)C1. The molecule has 0 unspecified atom stereocenters. The van der Waals surface area contributed by atoms with Crippen molar-refractivity contribution in [2.45, 2.75) is 19.6 Å². The fourth-order valence-electron chi connectivity index (χ4n) is 2.27. The predicted molar refractivity (Wildman–Crippen MR) is 64.1 cm³/mol. The number of hydrogen-bond donors (Lipinski definition) is 1. The number of hydrogen-bond acceptors (Lipinski definition) is 3. The van der Waals surface area contributed by atoms with Gasteiger partial charge in [0.2, 0.25) is 0 Å². The van der Waals surface area contributed by atoms with Crippen molar-refractivity contribution >= 4 is 5.97 Å². The first-order valence-electron chi connectivity index (χ1n) is 6.01. The molecule has 1 fully saturated rings. The molecule has 6 heteroatoms. The van der Waals surface area contributed by atoms with E-state index in [0.29, 0.717) is 25.2 Å². The van der Waals surface area contributed by atoms with Crippen LogP contribution in [0.15, 0.2) is 24.3 Å². The van der Waals surface area contributed by atoms with E-state index in [4.69, 9.17) is 5.11 Å². The minimum absolute atomic E-state index is 0.153. The molecule has 0 spiro atoms. The van der Waals surface area contributed by atoms with Crippen LogP contribution < -0.4 is 4.74 Å². The van der Waals surface area contributed by atoms with Gasteiger partial charge in [-0.2, -0.15) is 8.78 Å². The summed E-state index contributed by atoms with van der Waals surface area (Å²) in [6.07, 6.45) is 0.158. The number of carboxylic acids is 1. The van der Waals surface area contributed by atoms with Crippen LogP contribution in [0, 0.1) is 5.92 Å². The molecule has 1 heterocycles. The van der Waals surface area contributed by atoms with Crippen molar-refractivity contribution < 1.29 is 23.4 Å². The molecule has 0 atom stereocenters. The average molecular weight is 271 g/mol. The van der Waals surface area contributed by atoms with Crippen LogP contribution in [0.3, 0.4) is 0 Å². The Morgan fingerprint density at radius 3 is 2.74 bits per heavy atom. The van der Waals surface area contributed by atoms with Crippen LogP contribution in [0.5, 0.6) is 5.75 Å². The van der Waals surface area contributed by atoms with Crippen molar-refractivity contribution in [3.8, 4) is 5.75 Å². The number of nitrogens with zero attached hydrogens (tertiary/aromatic N) is 1. The summed E-state index contributed by atoms with van der Waals surface area (Å²) in [7, 11) is 0. The van der Waals surface area contributed by atoms with E-state index < -0.39 is 12.6 Å². The van der Waals surface area contributed by atoms with E-state index in [2.05, 4.69) is 4.74 Å². The Bertz CT molecular complexity index is 447. The second kappa shape index (κ2) is 5.97. The van der Waals surface area contributed by atoms with Crippen LogP contribution >= 0.6 is 0 Å². The van der Waals surface area contributed by atoms with Crippen LogP contribution in [0.25, 0.3) is 0 Å². The lowest BCUT2D eigenvalue weighted by Gasteiger charge is -2.38. The fourth-order valence-corrected chi connectivity index (χ4v) is 2.27. The molecular formula is C13H15F2NO3. The van der Waals surface area contributed by atoms with E-state index in [9.17, 15) is 13.6 Å². The fraction of sp³-hybridized carbons (Fsp3) is 0.462. The van der Waals surface area contributed by atoms with Gasteiger partial charge < -0.3 is 9.84 Å². The summed E-state index contributed by atoms with van der Waals surface area (Å²) in [5.41, 5.74) is 0.691. The van der Waals surface area contributed by atoms with E-state index in [0.717, 1.165) is 0 Å². The smallest absolute Gasteiger partial charge is 0.387 e. The van der Waals surface area contributed by atoms with Gasteiger partial charge in [0.15, 0.2) is 0 Å². The number of para-hydroxylation sites is 1. The van der Waals surface area contributed by atoms with Crippen molar-refractivity contribution in [3.05, 3.63) is 29.8 Å². The maximum Gasteiger partial charge on any atom is 0.387 e. The third-order valence-corrected chi connectivity index (χ3v) is 3.08. The molecule has 0 radical (unpaired) electrons. The van der Waals surface area contributed by atoms with Gasteiger partial charge in [0.05, 0.1) is 6.42 Å². The summed E-state index contributed by atoms with van der Waals surface area (Å²) in [4.78, 5) is 12.5. The third-order valence-electron chi connectivity index (χ3n) is 3.08. The lowest BCUT2D eigenvalue weighted by Crippen LogP contribution is -2.46. The Labute approximate surface area is 109 Å². The van der Waals surface area contributed by atoms with Gasteiger partial charge in [-0.15, -0.1) is 0 Å². The standard InChI is InChI=1S/C13H15F2NO3/c14-13(15)19-11-4-2-1-3-10(11)8-16-6-9(7-16)5-12(17)18/h1-4,9,13H,5-8H2,(H,17,18). The zero-order valence-corrected chi connectivity index (χ0v) is 10.3. The number of alkyl halides is 2. The monoisotopic (exact) mass is 271 g/mol. The first-order valence-corrected chi connectivity index (χ1v) is 6.01. The van der Waals surface area contributed by atoms with Crippen molar-refractivity contribution in [2.75, 3.05) is 13.1 Å². The Kier molecular flexibility index (Phi) is 4.31. The van der Waals surface area contributed by atoms with Gasteiger partial charge in [0.25, 0.3) is 0 Å². The number of likely N-dealkylation sites (tertiary alicyclic amines) is 1. The van der Waals surface area contributed by atoms with E-state index in [1.165, 1.54) is 6.07 Å². The minimum atomic E-state index is -2.84. The van der Waals surface area contributed by atoms with E-state index in [-0.39, 0.29) is 18.1 Å². The molecule has 1 aromatic rings. The maximum atomic E-state index is 12.2. The zero-order chi connectivity index (χ0) is 13.8. The van der Waals surface area contributed by atoms with E-state index in [1.54, 1.807) is 18.2 Å². The topological polar surface area (TPSA) is 49.8 Å². The first kappa shape index (κ1) is 13.7. The van der Waals surface area contributed by atoms with Crippen molar-refractivity contribution in [1.82, 2.24) is 4.90 Å². The second-order valence-electron chi connectivity index (χ2n) is 4.64. The Balaban J connectivity index is 1.89. The molecule has 4 nitrogen and oxygen atoms in total. The number of ether oxygens (including phenoxy) is 1. The molecule has 1 N–H and O–H groups in total. The molecule has 0 aliphatic carbocycles. The summed E-state index contributed by atoms with van der Waals surface area (Å²) in [6.45, 7) is -0.985. The summed E-state index contributed by atoms with van der Waals surface area (Å²) in [6, 6.07) is 6.66. The van der Waals surface area contributed by atoms with Crippen LogP contribution in [0.4, 0.5) is 8.78 Å².